The molecule has 1 saturated heterocycles. The van der Waals surface area contributed by atoms with Crippen molar-refractivity contribution in [1.29, 1.82) is 0 Å². The van der Waals surface area contributed by atoms with Crippen molar-refractivity contribution in [3.63, 3.8) is 0 Å². The highest BCUT2D eigenvalue weighted by Gasteiger charge is 2.24. The zero-order chi connectivity index (χ0) is 11.0. The predicted molar refractivity (Wildman–Crippen MR) is 66.5 cm³/mol. The summed E-state index contributed by atoms with van der Waals surface area (Å²) in [6.45, 7) is 2.03. The van der Waals surface area contributed by atoms with Gasteiger partial charge in [-0.05, 0) is 30.0 Å². The molecule has 2 atom stereocenters. The molecule has 3 nitrogen and oxygen atoms in total. The first-order valence-electron chi connectivity index (χ1n) is 5.88. The lowest BCUT2D eigenvalue weighted by molar-refractivity contribution is 0.404. The minimum atomic E-state index is 0.273. The molecule has 2 heterocycles. The molecule has 2 unspecified atom stereocenters. The third kappa shape index (κ3) is 1.52. The van der Waals surface area contributed by atoms with Crippen molar-refractivity contribution in [2.45, 2.75) is 18.4 Å². The number of piperidine rings is 1. The molecule has 1 fully saturated rings. The summed E-state index contributed by atoms with van der Waals surface area (Å²) in [6.07, 6.45) is 3.05. The number of para-hydroxylation sites is 1. The van der Waals surface area contributed by atoms with E-state index in [2.05, 4.69) is 34.6 Å². The summed E-state index contributed by atoms with van der Waals surface area (Å²) in [5.74, 6) is 0.427. The summed E-state index contributed by atoms with van der Waals surface area (Å²) in [7, 11) is 0. The quantitative estimate of drug-likeness (QED) is 0.676. The minimum absolute atomic E-state index is 0.273. The number of hydrogen-bond acceptors (Lipinski definition) is 2. The number of nitrogens with one attached hydrogen (secondary N) is 2. The van der Waals surface area contributed by atoms with Crippen LogP contribution in [0.5, 0.6) is 0 Å². The fourth-order valence-electron chi connectivity index (χ4n) is 2.64. The van der Waals surface area contributed by atoms with Crippen LogP contribution in [0.15, 0.2) is 30.5 Å². The molecule has 1 aliphatic heterocycles. The number of hydrogen-bond donors (Lipinski definition) is 3. The fraction of sp³-hybridized carbons (Fsp3) is 0.385. The molecular formula is C13H17N3. The van der Waals surface area contributed by atoms with E-state index in [-0.39, 0.29) is 6.04 Å². The van der Waals surface area contributed by atoms with Gasteiger partial charge >= 0.3 is 0 Å². The topological polar surface area (TPSA) is 53.8 Å². The van der Waals surface area contributed by atoms with E-state index in [1.165, 1.54) is 16.5 Å². The van der Waals surface area contributed by atoms with Crippen molar-refractivity contribution in [2.75, 3.05) is 13.1 Å². The van der Waals surface area contributed by atoms with Crippen LogP contribution in [-0.4, -0.2) is 24.1 Å². The largest absolute Gasteiger partial charge is 0.361 e. The molecule has 0 bridgehead atoms. The first kappa shape index (κ1) is 9.87. The van der Waals surface area contributed by atoms with Gasteiger partial charge in [-0.3, -0.25) is 0 Å². The van der Waals surface area contributed by atoms with Gasteiger partial charge in [0.15, 0.2) is 0 Å². The number of rotatable bonds is 1. The lowest BCUT2D eigenvalue weighted by atomic mass is 9.86. The molecular weight excluding hydrogens is 198 g/mol. The summed E-state index contributed by atoms with van der Waals surface area (Å²) in [4.78, 5) is 3.32. The van der Waals surface area contributed by atoms with Gasteiger partial charge in [0, 0.05) is 30.2 Å². The number of H-pyrrole nitrogens is 1. The number of benzene rings is 1. The van der Waals surface area contributed by atoms with Crippen molar-refractivity contribution in [1.82, 2.24) is 10.3 Å². The van der Waals surface area contributed by atoms with Crippen LogP contribution in [0.3, 0.4) is 0 Å². The van der Waals surface area contributed by atoms with Gasteiger partial charge in [-0.15, -0.1) is 0 Å². The Kier molecular flexibility index (Phi) is 2.42. The summed E-state index contributed by atoms with van der Waals surface area (Å²) < 4.78 is 0. The summed E-state index contributed by atoms with van der Waals surface area (Å²) >= 11 is 0. The van der Waals surface area contributed by atoms with Gasteiger partial charge in [-0.2, -0.15) is 0 Å². The normalized spacial score (nSPS) is 26.1. The molecule has 16 heavy (non-hydrogen) atoms. The molecule has 84 valence electrons. The van der Waals surface area contributed by atoms with Crippen LogP contribution in [0.1, 0.15) is 17.9 Å². The predicted octanol–water partition coefficient (Wildman–Crippen LogP) is 1.57. The lowest BCUT2D eigenvalue weighted by Crippen LogP contribution is -2.43. The van der Waals surface area contributed by atoms with E-state index in [4.69, 9.17) is 5.73 Å². The van der Waals surface area contributed by atoms with Gasteiger partial charge in [0.25, 0.3) is 0 Å². The van der Waals surface area contributed by atoms with Gasteiger partial charge in [0.05, 0.1) is 0 Å². The summed E-state index contributed by atoms with van der Waals surface area (Å²) in [6, 6.07) is 8.83. The van der Waals surface area contributed by atoms with E-state index < -0.39 is 0 Å². The highest BCUT2D eigenvalue weighted by Crippen LogP contribution is 2.28. The van der Waals surface area contributed by atoms with Crippen molar-refractivity contribution >= 4 is 10.9 Å². The first-order chi connectivity index (χ1) is 7.86. The fourth-order valence-corrected chi connectivity index (χ4v) is 2.64. The maximum atomic E-state index is 6.22. The average molecular weight is 215 g/mol. The summed E-state index contributed by atoms with van der Waals surface area (Å²) in [5.41, 5.74) is 8.81. The van der Waals surface area contributed by atoms with E-state index in [0.29, 0.717) is 5.92 Å². The lowest BCUT2D eigenvalue weighted by Gasteiger charge is -2.30. The molecule has 0 spiro atoms. The third-order valence-electron chi connectivity index (χ3n) is 3.55. The number of nitrogens with two attached hydrogens (primary N) is 1. The Morgan fingerprint density at radius 3 is 3.06 bits per heavy atom. The Labute approximate surface area is 95.0 Å². The van der Waals surface area contributed by atoms with Crippen LogP contribution in [0, 0.1) is 0 Å². The molecule has 4 N–H and O–H groups in total. The van der Waals surface area contributed by atoms with Gasteiger partial charge in [0.1, 0.15) is 0 Å². The molecule has 2 aromatic rings. The van der Waals surface area contributed by atoms with Gasteiger partial charge in [0.2, 0.25) is 0 Å². The maximum absolute atomic E-state index is 6.22. The molecule has 1 aromatic heterocycles. The van der Waals surface area contributed by atoms with Crippen molar-refractivity contribution in [3.05, 3.63) is 36.0 Å². The molecule has 0 amide bonds. The first-order valence-corrected chi connectivity index (χ1v) is 5.88. The molecule has 0 aliphatic carbocycles. The van der Waals surface area contributed by atoms with E-state index in [0.717, 1.165) is 19.5 Å². The van der Waals surface area contributed by atoms with Crippen LogP contribution in [-0.2, 0) is 0 Å². The van der Waals surface area contributed by atoms with E-state index in [1.807, 2.05) is 6.20 Å². The second-order valence-electron chi connectivity index (χ2n) is 4.55. The molecule has 1 aliphatic rings. The molecule has 3 heteroatoms. The Hall–Kier alpha value is -1.32. The van der Waals surface area contributed by atoms with E-state index in [9.17, 15) is 0 Å². The Bertz CT molecular complexity index is 489. The molecule has 3 rings (SSSR count). The Morgan fingerprint density at radius 1 is 1.25 bits per heavy atom. The summed E-state index contributed by atoms with van der Waals surface area (Å²) in [5, 5.41) is 4.70. The Balaban J connectivity index is 2.07. The van der Waals surface area contributed by atoms with Gasteiger partial charge < -0.3 is 16.0 Å². The second-order valence-corrected chi connectivity index (χ2v) is 4.55. The van der Waals surface area contributed by atoms with Crippen LogP contribution in [0.25, 0.3) is 10.9 Å². The van der Waals surface area contributed by atoms with Crippen LogP contribution >= 0.6 is 0 Å². The second kappa shape index (κ2) is 3.92. The molecule has 1 aromatic carbocycles. The van der Waals surface area contributed by atoms with Crippen molar-refractivity contribution in [2.24, 2.45) is 5.73 Å². The number of aromatic nitrogens is 1. The number of fused-ring (bicyclic) bond motifs is 1. The number of aromatic amines is 1. The third-order valence-corrected chi connectivity index (χ3v) is 3.55. The van der Waals surface area contributed by atoms with E-state index >= 15 is 0 Å². The van der Waals surface area contributed by atoms with Crippen molar-refractivity contribution < 1.29 is 0 Å². The highest BCUT2D eigenvalue weighted by atomic mass is 14.9. The SMILES string of the molecule is NC1CCNCC1c1cccc2cc[nH]c12. The smallest absolute Gasteiger partial charge is 0.0490 e. The van der Waals surface area contributed by atoms with Gasteiger partial charge in [-0.1, -0.05) is 18.2 Å². The molecule has 0 saturated carbocycles. The zero-order valence-electron chi connectivity index (χ0n) is 9.24. The monoisotopic (exact) mass is 215 g/mol. The molecule has 0 radical (unpaired) electrons. The van der Waals surface area contributed by atoms with Crippen LogP contribution in [0.4, 0.5) is 0 Å². The van der Waals surface area contributed by atoms with E-state index in [1.54, 1.807) is 0 Å². The maximum Gasteiger partial charge on any atom is 0.0490 e. The highest BCUT2D eigenvalue weighted by molar-refractivity contribution is 5.83. The van der Waals surface area contributed by atoms with Crippen LogP contribution < -0.4 is 11.1 Å². The van der Waals surface area contributed by atoms with Crippen LogP contribution in [0.2, 0.25) is 0 Å². The zero-order valence-corrected chi connectivity index (χ0v) is 9.24. The van der Waals surface area contributed by atoms with Gasteiger partial charge in [-0.25, -0.2) is 0 Å². The Morgan fingerprint density at radius 2 is 2.19 bits per heavy atom. The average Bonchev–Trinajstić information content (AvgIpc) is 2.77. The standard InChI is InChI=1S/C13H17N3/c14-12-5-6-15-8-11(12)10-3-1-2-9-4-7-16-13(9)10/h1-4,7,11-12,15-16H,5-6,8,14H2. The minimum Gasteiger partial charge on any atom is -0.361 e. The van der Waals surface area contributed by atoms with Crippen molar-refractivity contribution in [3.8, 4) is 0 Å².